The number of piperazine rings is 1. The predicted molar refractivity (Wildman–Crippen MR) is 86.3 cm³/mol. The van der Waals surface area contributed by atoms with Crippen molar-refractivity contribution in [2.75, 3.05) is 36.8 Å². The minimum atomic E-state index is -0.271. The van der Waals surface area contributed by atoms with Crippen LogP contribution in [0.1, 0.15) is 0 Å². The number of carbonyl (C=O) groups is 1. The molecule has 0 unspecified atom stereocenters. The van der Waals surface area contributed by atoms with Gasteiger partial charge >= 0.3 is 5.69 Å². The number of nitrogens with one attached hydrogen (secondary N) is 2. The Morgan fingerprint density at radius 3 is 2.74 bits per heavy atom. The molecule has 1 aliphatic rings. The molecule has 2 aromatic heterocycles. The van der Waals surface area contributed by atoms with Crippen molar-refractivity contribution in [3.05, 3.63) is 34.9 Å². The second kappa shape index (κ2) is 6.86. The van der Waals surface area contributed by atoms with E-state index in [1.807, 2.05) is 29.3 Å². The van der Waals surface area contributed by atoms with Crippen LogP contribution >= 0.6 is 11.8 Å². The van der Waals surface area contributed by atoms with Gasteiger partial charge in [-0.25, -0.2) is 14.9 Å². The Labute approximate surface area is 137 Å². The monoisotopic (exact) mass is 335 g/mol. The summed E-state index contributed by atoms with van der Waals surface area (Å²) in [6.07, 6.45) is 1.90. The van der Waals surface area contributed by atoms with Gasteiger partial charge in [0.05, 0.1) is 25.0 Å². The molecule has 2 aromatic rings. The van der Waals surface area contributed by atoms with Crippen LogP contribution in [0.2, 0.25) is 0 Å². The molecule has 1 amide bonds. The molecule has 1 aliphatic heterocycles. The number of pyridine rings is 1. The molecule has 1 fully saturated rings. The maximum absolute atomic E-state index is 12.3. The van der Waals surface area contributed by atoms with Crippen molar-refractivity contribution in [1.29, 1.82) is 0 Å². The van der Waals surface area contributed by atoms with Gasteiger partial charge < -0.3 is 4.90 Å². The Kier molecular flexibility index (Phi) is 4.65. The third kappa shape index (κ3) is 3.55. The first-order valence-corrected chi connectivity index (χ1v) is 8.37. The number of rotatable bonds is 4. The van der Waals surface area contributed by atoms with Gasteiger partial charge in [0.25, 0.3) is 5.82 Å². The van der Waals surface area contributed by atoms with E-state index >= 15 is 0 Å². The average Bonchev–Trinajstić information content (AvgIpc) is 2.92. The van der Waals surface area contributed by atoms with Crippen LogP contribution in [0.15, 0.2) is 34.3 Å². The van der Waals surface area contributed by atoms with Crippen LogP contribution in [0, 0.1) is 0 Å². The van der Waals surface area contributed by atoms with E-state index in [1.54, 1.807) is 7.05 Å². The quantitative estimate of drug-likeness (QED) is 0.751. The van der Waals surface area contributed by atoms with Crippen LogP contribution in [-0.2, 0) is 11.8 Å². The molecule has 8 nitrogen and oxygen atoms in total. The Balaban J connectivity index is 1.50. The zero-order valence-electron chi connectivity index (χ0n) is 12.9. The lowest BCUT2D eigenvalue weighted by molar-refractivity contribution is -0.364. The molecule has 0 aliphatic carbocycles. The maximum Gasteiger partial charge on any atom is 0.343 e. The summed E-state index contributed by atoms with van der Waals surface area (Å²) in [7, 11) is 1.63. The van der Waals surface area contributed by atoms with Gasteiger partial charge in [-0.1, -0.05) is 17.8 Å². The topological polar surface area (TPSA) is 88.4 Å². The number of aromatic nitrogens is 4. The zero-order valence-corrected chi connectivity index (χ0v) is 13.7. The van der Waals surface area contributed by atoms with E-state index in [9.17, 15) is 9.59 Å². The third-order valence-corrected chi connectivity index (χ3v) is 4.84. The van der Waals surface area contributed by atoms with Crippen LogP contribution in [0.5, 0.6) is 0 Å². The van der Waals surface area contributed by atoms with Crippen molar-refractivity contribution in [3.63, 3.8) is 0 Å². The van der Waals surface area contributed by atoms with Gasteiger partial charge in [0.2, 0.25) is 5.91 Å². The van der Waals surface area contributed by atoms with Crippen LogP contribution in [0.4, 0.5) is 5.82 Å². The molecule has 2 N–H and O–H groups in total. The molecule has 0 spiro atoms. The summed E-state index contributed by atoms with van der Waals surface area (Å²) in [5, 5.41) is 6.78. The van der Waals surface area contributed by atoms with E-state index in [0.717, 1.165) is 18.9 Å². The van der Waals surface area contributed by atoms with E-state index in [0.29, 0.717) is 18.2 Å². The van der Waals surface area contributed by atoms with Gasteiger partial charge in [0.15, 0.2) is 5.16 Å². The first kappa shape index (κ1) is 15.6. The minimum absolute atomic E-state index is 0.0714. The molecule has 122 valence electrons. The molecule has 3 rings (SSSR count). The standard InChI is InChI=1S/C14H18N6O2S/c1-18-13(22)16-17-14(18)23-10-12(21)20-8-6-19(7-9-20)11-4-2-3-5-15-11/h2-5H,6-10H2,1H3,(H,16,22)/p+1. The molecule has 0 atom stereocenters. The molecular formula is C14H19N6O2S+. The number of thioether (sulfide) groups is 1. The lowest BCUT2D eigenvalue weighted by Gasteiger charge is -2.30. The summed E-state index contributed by atoms with van der Waals surface area (Å²) in [5.74, 6) is 1.43. The van der Waals surface area contributed by atoms with Crippen LogP contribution < -0.4 is 15.6 Å². The van der Waals surface area contributed by atoms with Crippen molar-refractivity contribution in [3.8, 4) is 0 Å². The summed E-state index contributed by atoms with van der Waals surface area (Å²) in [6.45, 7) is 3.00. The Morgan fingerprint density at radius 2 is 2.13 bits per heavy atom. The van der Waals surface area contributed by atoms with Gasteiger partial charge in [0, 0.05) is 13.1 Å². The fourth-order valence-electron chi connectivity index (χ4n) is 2.46. The molecule has 0 radical (unpaired) electrons. The van der Waals surface area contributed by atoms with E-state index in [1.165, 1.54) is 16.3 Å². The van der Waals surface area contributed by atoms with Crippen LogP contribution in [-0.4, -0.2) is 57.5 Å². The smallest absolute Gasteiger partial charge is 0.334 e. The molecular weight excluding hydrogens is 316 g/mol. The van der Waals surface area contributed by atoms with Crippen LogP contribution in [0.3, 0.4) is 0 Å². The van der Waals surface area contributed by atoms with Gasteiger partial charge in [-0.15, -0.1) is 5.10 Å². The summed E-state index contributed by atoms with van der Waals surface area (Å²) < 4.78 is 1.40. The molecule has 3 heterocycles. The number of hydrogen-bond donors (Lipinski definition) is 1. The van der Waals surface area contributed by atoms with Gasteiger partial charge in [0.1, 0.15) is 13.1 Å². The molecule has 0 bridgehead atoms. The molecule has 23 heavy (non-hydrogen) atoms. The van der Waals surface area contributed by atoms with Crippen molar-refractivity contribution in [1.82, 2.24) is 19.7 Å². The van der Waals surface area contributed by atoms with Crippen LogP contribution in [0.25, 0.3) is 0 Å². The highest BCUT2D eigenvalue weighted by Crippen LogP contribution is 2.15. The number of aromatic amines is 2. The first-order chi connectivity index (χ1) is 11.1. The Hall–Kier alpha value is -2.29. The first-order valence-electron chi connectivity index (χ1n) is 7.39. The predicted octanol–water partition coefficient (Wildman–Crippen LogP) is -0.637. The highest BCUT2D eigenvalue weighted by molar-refractivity contribution is 7.99. The highest BCUT2D eigenvalue weighted by Gasteiger charge is 2.26. The normalized spacial score (nSPS) is 15.0. The number of hydrogen-bond acceptors (Lipinski definition) is 5. The third-order valence-electron chi connectivity index (χ3n) is 3.83. The minimum Gasteiger partial charge on any atom is -0.334 e. The number of anilines is 1. The summed E-state index contributed by atoms with van der Waals surface area (Å²) in [5.41, 5.74) is -0.271. The average molecular weight is 335 g/mol. The summed E-state index contributed by atoms with van der Waals surface area (Å²) in [4.78, 5) is 30.9. The van der Waals surface area contributed by atoms with Crippen molar-refractivity contribution >= 4 is 23.5 Å². The van der Waals surface area contributed by atoms with Gasteiger partial charge in [-0.3, -0.25) is 14.3 Å². The van der Waals surface area contributed by atoms with Crippen molar-refractivity contribution < 1.29 is 9.78 Å². The second-order valence-electron chi connectivity index (χ2n) is 5.27. The maximum atomic E-state index is 12.3. The number of amides is 1. The van der Waals surface area contributed by atoms with Gasteiger partial charge in [-0.2, -0.15) is 0 Å². The van der Waals surface area contributed by atoms with E-state index < -0.39 is 0 Å². The Bertz CT molecular complexity index is 720. The Morgan fingerprint density at radius 1 is 1.35 bits per heavy atom. The van der Waals surface area contributed by atoms with E-state index in [4.69, 9.17) is 0 Å². The van der Waals surface area contributed by atoms with E-state index in [-0.39, 0.29) is 17.3 Å². The fourth-order valence-corrected chi connectivity index (χ4v) is 3.28. The molecule has 1 saturated heterocycles. The van der Waals surface area contributed by atoms with Gasteiger partial charge in [-0.05, 0) is 6.07 Å². The number of carbonyl (C=O) groups excluding carboxylic acids is 1. The highest BCUT2D eigenvalue weighted by atomic mass is 32.2. The molecule has 0 saturated carbocycles. The fraction of sp³-hybridized carbons (Fsp3) is 0.429. The summed E-state index contributed by atoms with van der Waals surface area (Å²) in [6, 6.07) is 5.97. The molecule has 0 aromatic carbocycles. The summed E-state index contributed by atoms with van der Waals surface area (Å²) >= 11 is 1.28. The lowest BCUT2D eigenvalue weighted by atomic mass is 10.3. The second-order valence-corrected chi connectivity index (χ2v) is 6.22. The number of H-pyrrole nitrogens is 2. The van der Waals surface area contributed by atoms with Crippen molar-refractivity contribution in [2.45, 2.75) is 5.16 Å². The van der Waals surface area contributed by atoms with E-state index in [2.05, 4.69) is 20.1 Å². The lowest BCUT2D eigenvalue weighted by Crippen LogP contribution is -2.50. The SMILES string of the molecule is Cn1c(SCC(=O)N2CCN(c3cccc[nH+]3)CC2)n[nH]c1=O. The zero-order chi connectivity index (χ0) is 16.2. The largest absolute Gasteiger partial charge is 0.343 e. The number of nitrogens with zero attached hydrogens (tertiary/aromatic N) is 4. The molecule has 9 heteroatoms. The van der Waals surface area contributed by atoms with Crippen molar-refractivity contribution in [2.24, 2.45) is 7.05 Å².